The minimum atomic E-state index is 0.869. The SMILES string of the molecule is C[O+]=C1C=CC(=C(c2cc(C)c3cccccc2-3)c2cc(C)c3cccccc2-3)C=C1. The van der Waals surface area contributed by atoms with E-state index in [1.54, 1.807) is 7.11 Å². The highest BCUT2D eigenvalue weighted by Crippen LogP contribution is 2.45. The highest BCUT2D eigenvalue weighted by molar-refractivity contribution is 6.05. The molecular weight excluding hydrogens is 376 g/mol. The minimum Gasteiger partial charge on any atom is -0.258 e. The summed E-state index contributed by atoms with van der Waals surface area (Å²) in [6, 6.07) is 26.3. The van der Waals surface area contributed by atoms with Crippen molar-refractivity contribution < 1.29 is 4.42 Å². The van der Waals surface area contributed by atoms with Gasteiger partial charge in [0.1, 0.15) is 0 Å². The van der Waals surface area contributed by atoms with Crippen molar-refractivity contribution in [3.63, 3.8) is 0 Å². The first kappa shape index (κ1) is 19.3. The third-order valence-corrected chi connectivity index (χ3v) is 6.15. The summed E-state index contributed by atoms with van der Waals surface area (Å²) >= 11 is 0. The van der Waals surface area contributed by atoms with Crippen molar-refractivity contribution >= 4 is 11.4 Å². The van der Waals surface area contributed by atoms with E-state index in [9.17, 15) is 0 Å². The molecule has 0 unspecified atom stereocenters. The molecule has 0 spiro atoms. The highest BCUT2D eigenvalue weighted by Gasteiger charge is 2.24. The topological polar surface area (TPSA) is 11.3 Å². The van der Waals surface area contributed by atoms with Crippen LogP contribution in [0.5, 0.6) is 0 Å². The summed E-state index contributed by atoms with van der Waals surface area (Å²) < 4.78 is 5.42. The largest absolute Gasteiger partial charge is 0.343 e. The zero-order valence-corrected chi connectivity index (χ0v) is 18.1. The Morgan fingerprint density at radius 1 is 0.581 bits per heavy atom. The van der Waals surface area contributed by atoms with Gasteiger partial charge in [-0.2, -0.15) is 0 Å². The lowest BCUT2D eigenvalue weighted by atomic mass is 9.89. The number of ketones is 1. The summed E-state index contributed by atoms with van der Waals surface area (Å²) in [6.45, 7) is 4.40. The number of hydrogen-bond acceptors (Lipinski definition) is 0. The second kappa shape index (κ2) is 7.85. The first-order valence-electron chi connectivity index (χ1n) is 10.7. The van der Waals surface area contributed by atoms with Crippen molar-refractivity contribution in [1.82, 2.24) is 0 Å². The standard InChI is InChI=1S/C30H25O/c1-20-18-28(26-12-8-4-6-10-24(20)26)30(22-14-16-23(31-3)17-15-22)29-19-21(2)25-11-7-5-9-13-27(25)29/h4-19H,1-3H3/q+1. The van der Waals surface area contributed by atoms with Crippen LogP contribution in [0.2, 0.25) is 0 Å². The van der Waals surface area contributed by atoms with Gasteiger partial charge in [-0.15, -0.1) is 0 Å². The number of aryl methyl sites for hydroxylation is 2. The average Bonchev–Trinajstić information content (AvgIpc) is 3.06. The molecule has 0 aromatic carbocycles. The van der Waals surface area contributed by atoms with E-state index in [0.717, 1.165) is 5.78 Å². The monoisotopic (exact) mass is 401 g/mol. The Kier molecular flexibility index (Phi) is 4.88. The van der Waals surface area contributed by atoms with E-state index in [-0.39, 0.29) is 0 Å². The molecule has 0 N–H and O–H groups in total. The van der Waals surface area contributed by atoms with Crippen LogP contribution in [-0.4, -0.2) is 12.9 Å². The van der Waals surface area contributed by atoms with Gasteiger partial charge in [-0.25, -0.2) is 0 Å². The predicted octanol–water partition coefficient (Wildman–Crippen LogP) is 7.18. The second-order valence-corrected chi connectivity index (χ2v) is 8.06. The molecule has 0 aromatic rings. The van der Waals surface area contributed by atoms with E-state index in [4.69, 9.17) is 4.42 Å². The van der Waals surface area contributed by atoms with E-state index >= 15 is 0 Å². The van der Waals surface area contributed by atoms with E-state index in [0.29, 0.717) is 0 Å². The maximum Gasteiger partial charge on any atom is 0.343 e. The van der Waals surface area contributed by atoms with E-state index in [1.807, 2.05) is 12.2 Å². The summed E-state index contributed by atoms with van der Waals surface area (Å²) in [6.07, 6.45) is 8.43. The van der Waals surface area contributed by atoms with Crippen LogP contribution in [0, 0.1) is 13.8 Å². The van der Waals surface area contributed by atoms with Gasteiger partial charge in [0, 0.05) is 12.2 Å². The minimum absolute atomic E-state index is 0.869. The van der Waals surface area contributed by atoms with Gasteiger partial charge in [-0.05, 0) is 81.7 Å². The van der Waals surface area contributed by atoms with Crippen molar-refractivity contribution in [3.8, 4) is 22.3 Å². The van der Waals surface area contributed by atoms with Crippen molar-refractivity contribution in [2.75, 3.05) is 7.11 Å². The molecule has 0 fully saturated rings. The van der Waals surface area contributed by atoms with Gasteiger partial charge in [0.15, 0.2) is 0 Å². The smallest absolute Gasteiger partial charge is 0.258 e. The normalized spacial score (nSPS) is 13.3. The molecule has 0 saturated heterocycles. The molecule has 0 aromatic heterocycles. The molecule has 0 bridgehead atoms. The third-order valence-electron chi connectivity index (χ3n) is 6.15. The van der Waals surface area contributed by atoms with E-state index in [1.165, 1.54) is 55.7 Å². The van der Waals surface area contributed by atoms with Crippen LogP contribution in [0.25, 0.3) is 27.8 Å². The maximum absolute atomic E-state index is 5.42. The molecule has 1 nitrogen and oxygen atoms in total. The van der Waals surface area contributed by atoms with Crippen LogP contribution >= 0.6 is 0 Å². The summed E-state index contributed by atoms with van der Waals surface area (Å²) in [5.74, 6) is 0.869. The molecule has 5 rings (SSSR count). The van der Waals surface area contributed by atoms with Crippen LogP contribution in [0.3, 0.4) is 0 Å². The summed E-state index contributed by atoms with van der Waals surface area (Å²) in [7, 11) is 1.71. The Balaban J connectivity index is 1.85. The Labute approximate surface area is 184 Å². The van der Waals surface area contributed by atoms with E-state index in [2.05, 4.69) is 98.8 Å². The van der Waals surface area contributed by atoms with Gasteiger partial charge in [-0.1, -0.05) is 72.8 Å². The van der Waals surface area contributed by atoms with Gasteiger partial charge in [0.25, 0.3) is 7.11 Å². The maximum atomic E-state index is 5.42. The lowest BCUT2D eigenvalue weighted by Gasteiger charge is -2.14. The summed E-state index contributed by atoms with van der Waals surface area (Å²) in [5, 5.41) is 0. The van der Waals surface area contributed by atoms with Gasteiger partial charge in [0.2, 0.25) is 0 Å². The van der Waals surface area contributed by atoms with Crippen molar-refractivity contribution in [2.45, 2.75) is 13.8 Å². The molecule has 0 amide bonds. The van der Waals surface area contributed by atoms with Gasteiger partial charge in [0.05, 0.1) is 0 Å². The van der Waals surface area contributed by atoms with Crippen LogP contribution < -0.4 is 0 Å². The number of carbonyl (C=O) groups excluding carboxylic acids is 1. The molecule has 1 heteroatoms. The fourth-order valence-corrected chi connectivity index (χ4v) is 4.62. The molecule has 150 valence electrons. The Morgan fingerprint density at radius 2 is 1.03 bits per heavy atom. The fraction of sp³-hybridized carbons (Fsp3) is 0.100. The molecule has 31 heavy (non-hydrogen) atoms. The zero-order valence-electron chi connectivity index (χ0n) is 18.1. The molecule has 0 radical (unpaired) electrons. The van der Waals surface area contributed by atoms with Gasteiger partial charge in [-0.3, -0.25) is 4.42 Å². The number of fused-ring (bicyclic) bond motifs is 2. The Morgan fingerprint density at radius 3 is 1.48 bits per heavy atom. The first-order chi connectivity index (χ1) is 15.2. The van der Waals surface area contributed by atoms with Crippen LogP contribution in [0.1, 0.15) is 22.3 Å². The lowest BCUT2D eigenvalue weighted by molar-refractivity contribution is -0.417. The first-order valence-corrected chi connectivity index (χ1v) is 10.7. The van der Waals surface area contributed by atoms with Crippen LogP contribution in [-0.2, 0) is 4.42 Å². The molecule has 0 heterocycles. The average molecular weight is 402 g/mol. The molecule has 0 atom stereocenters. The highest BCUT2D eigenvalue weighted by atomic mass is 16.4. The van der Waals surface area contributed by atoms with Gasteiger partial charge < -0.3 is 0 Å². The number of allylic oxidation sites excluding steroid dienone is 5. The lowest BCUT2D eigenvalue weighted by Crippen LogP contribution is -1.99. The van der Waals surface area contributed by atoms with Crippen LogP contribution in [0.15, 0.2) is 103 Å². The zero-order chi connectivity index (χ0) is 21.4. The Bertz CT molecular complexity index is 1250. The third kappa shape index (κ3) is 3.33. The van der Waals surface area contributed by atoms with Gasteiger partial charge >= 0.3 is 5.78 Å². The second-order valence-electron chi connectivity index (χ2n) is 8.06. The molecule has 5 aliphatic rings. The van der Waals surface area contributed by atoms with Crippen molar-refractivity contribution in [1.29, 1.82) is 0 Å². The van der Waals surface area contributed by atoms with E-state index < -0.39 is 0 Å². The number of rotatable bonds is 2. The number of hydrogen-bond donors (Lipinski definition) is 0. The van der Waals surface area contributed by atoms with Crippen molar-refractivity contribution in [3.05, 3.63) is 125 Å². The molecule has 0 aliphatic heterocycles. The molecular formula is C30H25O+. The summed E-state index contributed by atoms with van der Waals surface area (Å²) in [4.78, 5) is 0. The van der Waals surface area contributed by atoms with Crippen LogP contribution in [0.4, 0.5) is 0 Å². The molecule has 0 saturated carbocycles. The predicted molar refractivity (Wildman–Crippen MR) is 131 cm³/mol. The summed E-state index contributed by atoms with van der Waals surface area (Å²) in [5.41, 5.74) is 12.7. The Hall–Kier alpha value is -3.71. The fourth-order valence-electron chi connectivity index (χ4n) is 4.62. The quantitative estimate of drug-likeness (QED) is 0.315. The molecule has 5 aliphatic carbocycles. The van der Waals surface area contributed by atoms with Crippen molar-refractivity contribution in [2.24, 2.45) is 0 Å².